The van der Waals surface area contributed by atoms with E-state index in [1.165, 1.54) is 44.5 Å². The number of hydrogen-bond acceptors (Lipinski definition) is 1. The van der Waals surface area contributed by atoms with Crippen LogP contribution in [0.2, 0.25) is 0 Å². The van der Waals surface area contributed by atoms with E-state index in [4.69, 9.17) is 0 Å². The predicted molar refractivity (Wildman–Crippen MR) is 165 cm³/mol. The Bertz CT molecular complexity index is 1790. The zero-order chi connectivity index (χ0) is 26.0. The Hall–Kier alpha value is -4.40. The van der Waals surface area contributed by atoms with Crippen molar-refractivity contribution in [2.75, 3.05) is 4.90 Å². The maximum Gasteiger partial charge on any atom is 0.0726 e. The van der Waals surface area contributed by atoms with Crippen LogP contribution in [0, 0.1) is 0 Å². The molecule has 2 heteroatoms. The van der Waals surface area contributed by atoms with Crippen molar-refractivity contribution in [3.63, 3.8) is 0 Å². The van der Waals surface area contributed by atoms with Crippen LogP contribution in [0.15, 0.2) is 150 Å². The summed E-state index contributed by atoms with van der Waals surface area (Å²) in [5.74, 6) is 0. The molecule has 0 aliphatic heterocycles. The summed E-state index contributed by atoms with van der Waals surface area (Å²) in [7, 11) is 0. The summed E-state index contributed by atoms with van der Waals surface area (Å²) >= 11 is 4.02. The monoisotopic (exact) mass is 561 g/mol. The first-order chi connectivity index (χ1) is 19.3. The summed E-state index contributed by atoms with van der Waals surface area (Å²) < 4.78 is 1.07. The Morgan fingerprint density at radius 2 is 0.821 bits per heavy atom. The molecule has 6 aromatic carbocycles. The Morgan fingerprint density at radius 3 is 1.31 bits per heavy atom. The quantitative estimate of drug-likeness (QED) is 0.207. The van der Waals surface area contributed by atoms with E-state index in [1.807, 2.05) is 0 Å². The highest BCUT2D eigenvalue weighted by Crippen LogP contribution is 2.63. The SMILES string of the molecule is Brc1cc2c(cc1N(c1ccccc1)c1ccccc1)C1(c3ccccc3-c3ccccc31)c1ccccc1-2. The second kappa shape index (κ2) is 8.56. The van der Waals surface area contributed by atoms with Crippen LogP contribution in [0.3, 0.4) is 0 Å². The van der Waals surface area contributed by atoms with Gasteiger partial charge in [0.1, 0.15) is 0 Å². The van der Waals surface area contributed by atoms with Crippen LogP contribution in [0.1, 0.15) is 22.3 Å². The Labute approximate surface area is 237 Å². The molecule has 0 aromatic heterocycles. The molecular weight excluding hydrogens is 538 g/mol. The summed E-state index contributed by atoms with van der Waals surface area (Å²) in [5, 5.41) is 0. The number of anilines is 3. The fourth-order valence-corrected chi connectivity index (χ4v) is 7.37. The van der Waals surface area contributed by atoms with Crippen molar-refractivity contribution in [2.24, 2.45) is 0 Å². The van der Waals surface area contributed by atoms with Gasteiger partial charge in [-0.2, -0.15) is 0 Å². The van der Waals surface area contributed by atoms with Gasteiger partial charge in [-0.25, -0.2) is 0 Å². The highest BCUT2D eigenvalue weighted by Gasteiger charge is 2.51. The van der Waals surface area contributed by atoms with Crippen LogP contribution in [0.25, 0.3) is 22.3 Å². The first-order valence-corrected chi connectivity index (χ1v) is 14.1. The number of rotatable bonds is 3. The van der Waals surface area contributed by atoms with E-state index in [2.05, 4.69) is 166 Å². The average molecular weight is 563 g/mol. The second-order valence-corrected chi connectivity index (χ2v) is 11.1. The van der Waals surface area contributed by atoms with Crippen molar-refractivity contribution in [1.29, 1.82) is 0 Å². The van der Waals surface area contributed by atoms with Gasteiger partial charge < -0.3 is 4.90 Å². The van der Waals surface area contributed by atoms with Gasteiger partial charge in [0.2, 0.25) is 0 Å². The van der Waals surface area contributed by atoms with Gasteiger partial charge in [0, 0.05) is 15.8 Å². The zero-order valence-corrected chi connectivity index (χ0v) is 22.8. The minimum Gasteiger partial charge on any atom is -0.309 e. The molecule has 0 heterocycles. The zero-order valence-electron chi connectivity index (χ0n) is 21.2. The molecular formula is C37H24BrN. The number of fused-ring (bicyclic) bond motifs is 10. The smallest absolute Gasteiger partial charge is 0.0726 e. The van der Waals surface area contributed by atoms with Gasteiger partial charge in [-0.1, -0.05) is 109 Å². The maximum absolute atomic E-state index is 4.02. The number of para-hydroxylation sites is 2. The van der Waals surface area contributed by atoms with E-state index >= 15 is 0 Å². The van der Waals surface area contributed by atoms with Gasteiger partial charge in [-0.05, 0) is 96.8 Å². The topological polar surface area (TPSA) is 3.24 Å². The highest BCUT2D eigenvalue weighted by molar-refractivity contribution is 9.10. The molecule has 1 nitrogen and oxygen atoms in total. The van der Waals surface area contributed by atoms with Gasteiger partial charge in [-0.3, -0.25) is 0 Å². The normalized spacial score (nSPS) is 13.5. The third-order valence-electron chi connectivity index (χ3n) is 8.33. The highest BCUT2D eigenvalue weighted by atomic mass is 79.9. The standard InChI is InChI=1S/C37H24BrN/c38-35-23-30-29-19-9-12-22-33(29)37(31-20-10-7-17-27(31)28-18-8-11-21-32(28)37)34(30)24-36(35)39(25-13-3-1-4-14-25)26-15-5-2-6-16-26/h1-24H. The molecule has 0 bridgehead atoms. The Kier molecular flexibility index (Phi) is 4.95. The van der Waals surface area contributed by atoms with E-state index in [0.29, 0.717) is 0 Å². The van der Waals surface area contributed by atoms with E-state index in [9.17, 15) is 0 Å². The molecule has 8 rings (SSSR count). The molecule has 0 radical (unpaired) electrons. The molecule has 0 atom stereocenters. The van der Waals surface area contributed by atoms with Crippen LogP contribution in [0.4, 0.5) is 17.1 Å². The number of hydrogen-bond donors (Lipinski definition) is 0. The second-order valence-electron chi connectivity index (χ2n) is 10.2. The summed E-state index contributed by atoms with van der Waals surface area (Å²) in [5.41, 5.74) is 13.6. The molecule has 0 unspecified atom stereocenters. The molecule has 2 aliphatic rings. The summed E-state index contributed by atoms with van der Waals surface area (Å²) in [4.78, 5) is 2.35. The average Bonchev–Trinajstić information content (AvgIpc) is 3.45. The fraction of sp³-hybridized carbons (Fsp3) is 0.0270. The van der Waals surface area contributed by atoms with Crippen LogP contribution in [0.5, 0.6) is 0 Å². The van der Waals surface area contributed by atoms with Gasteiger partial charge in [-0.15, -0.1) is 0 Å². The molecule has 0 saturated heterocycles. The van der Waals surface area contributed by atoms with Crippen LogP contribution >= 0.6 is 15.9 Å². The van der Waals surface area contributed by atoms with E-state index < -0.39 is 0 Å². The minimum atomic E-state index is -0.367. The van der Waals surface area contributed by atoms with Crippen LogP contribution < -0.4 is 4.90 Å². The molecule has 0 fully saturated rings. The van der Waals surface area contributed by atoms with Crippen LogP contribution in [-0.4, -0.2) is 0 Å². The lowest BCUT2D eigenvalue weighted by molar-refractivity contribution is 0.793. The lowest BCUT2D eigenvalue weighted by atomic mass is 9.70. The molecule has 0 saturated carbocycles. The van der Waals surface area contributed by atoms with Crippen LogP contribution in [-0.2, 0) is 5.41 Å². The Balaban J connectivity index is 1.48. The summed E-state index contributed by atoms with van der Waals surface area (Å²) in [6.07, 6.45) is 0. The van der Waals surface area contributed by atoms with Crippen molar-refractivity contribution in [3.05, 3.63) is 172 Å². The molecule has 184 valence electrons. The van der Waals surface area contributed by atoms with Crippen molar-refractivity contribution in [3.8, 4) is 22.3 Å². The summed E-state index contributed by atoms with van der Waals surface area (Å²) in [6.45, 7) is 0. The first-order valence-electron chi connectivity index (χ1n) is 13.3. The fourth-order valence-electron chi connectivity index (χ4n) is 6.85. The molecule has 2 aliphatic carbocycles. The lowest BCUT2D eigenvalue weighted by Crippen LogP contribution is -2.26. The van der Waals surface area contributed by atoms with Gasteiger partial charge in [0.15, 0.2) is 0 Å². The van der Waals surface area contributed by atoms with Gasteiger partial charge in [0.25, 0.3) is 0 Å². The Morgan fingerprint density at radius 1 is 0.410 bits per heavy atom. The predicted octanol–water partition coefficient (Wildman–Crippen LogP) is 10.3. The molecule has 6 aromatic rings. The summed E-state index contributed by atoms with van der Waals surface area (Å²) in [6, 6.07) is 52.9. The van der Waals surface area contributed by atoms with E-state index in [-0.39, 0.29) is 5.41 Å². The third-order valence-corrected chi connectivity index (χ3v) is 8.97. The van der Waals surface area contributed by atoms with E-state index in [0.717, 1.165) is 21.5 Å². The number of nitrogens with zero attached hydrogens (tertiary/aromatic N) is 1. The number of benzene rings is 6. The van der Waals surface area contributed by atoms with Crippen molar-refractivity contribution in [2.45, 2.75) is 5.41 Å². The van der Waals surface area contributed by atoms with E-state index in [1.54, 1.807) is 0 Å². The van der Waals surface area contributed by atoms with Gasteiger partial charge >= 0.3 is 0 Å². The number of halogens is 1. The third kappa shape index (κ3) is 3.07. The van der Waals surface area contributed by atoms with Gasteiger partial charge in [0.05, 0.1) is 11.1 Å². The van der Waals surface area contributed by atoms with Crippen molar-refractivity contribution >= 4 is 33.0 Å². The van der Waals surface area contributed by atoms with Crippen molar-refractivity contribution < 1.29 is 0 Å². The molecule has 1 spiro atoms. The lowest BCUT2D eigenvalue weighted by Gasteiger charge is -2.32. The molecule has 39 heavy (non-hydrogen) atoms. The minimum absolute atomic E-state index is 0.367. The maximum atomic E-state index is 4.02. The van der Waals surface area contributed by atoms with Crippen molar-refractivity contribution in [1.82, 2.24) is 0 Å². The largest absolute Gasteiger partial charge is 0.309 e. The molecule has 0 amide bonds. The first kappa shape index (κ1) is 22.6. The molecule has 0 N–H and O–H groups in total.